The molecule has 1 heterocycles. The molecular formula is C15H31N3O2. The standard InChI is InChI=1S/C15H31N3O2/c1-3-4-10-19-12-13-20-11-7-17-15(16)18-8-5-14(2)6-9-18/h14H,3-13H2,1-2H3,(H2,16,17). The number of hydrogen-bond acceptors (Lipinski definition) is 3. The van der Waals surface area contributed by atoms with Crippen LogP contribution in [0.25, 0.3) is 0 Å². The predicted octanol–water partition coefficient (Wildman–Crippen LogP) is 1.87. The van der Waals surface area contributed by atoms with Gasteiger partial charge in [0.15, 0.2) is 5.96 Å². The Balaban J connectivity index is 1.97. The lowest BCUT2D eigenvalue weighted by molar-refractivity contribution is 0.0497. The zero-order valence-electron chi connectivity index (χ0n) is 13.1. The predicted molar refractivity (Wildman–Crippen MR) is 83.0 cm³/mol. The Morgan fingerprint density at radius 3 is 2.45 bits per heavy atom. The second-order valence-electron chi connectivity index (χ2n) is 5.49. The maximum atomic E-state index is 5.99. The van der Waals surface area contributed by atoms with E-state index in [4.69, 9.17) is 15.2 Å². The van der Waals surface area contributed by atoms with Gasteiger partial charge in [-0.3, -0.25) is 4.99 Å². The maximum Gasteiger partial charge on any atom is 0.191 e. The normalized spacial score (nSPS) is 17.7. The molecule has 0 saturated carbocycles. The Bertz CT molecular complexity index is 264. The molecule has 0 unspecified atom stereocenters. The molecule has 0 bridgehead atoms. The van der Waals surface area contributed by atoms with Gasteiger partial charge in [0, 0.05) is 19.7 Å². The number of hydrogen-bond donors (Lipinski definition) is 1. The quantitative estimate of drug-likeness (QED) is 0.399. The van der Waals surface area contributed by atoms with E-state index in [1.807, 2.05) is 0 Å². The number of piperidine rings is 1. The monoisotopic (exact) mass is 285 g/mol. The Labute approximate surface area is 123 Å². The van der Waals surface area contributed by atoms with Crippen LogP contribution in [0.15, 0.2) is 4.99 Å². The van der Waals surface area contributed by atoms with Crippen molar-refractivity contribution >= 4 is 5.96 Å². The first-order valence-electron chi connectivity index (χ1n) is 7.94. The minimum absolute atomic E-state index is 0.613. The van der Waals surface area contributed by atoms with Crippen LogP contribution in [0.1, 0.15) is 39.5 Å². The van der Waals surface area contributed by atoms with Crippen molar-refractivity contribution in [3.63, 3.8) is 0 Å². The summed E-state index contributed by atoms with van der Waals surface area (Å²) in [6, 6.07) is 0. The molecule has 0 aromatic rings. The van der Waals surface area contributed by atoms with E-state index in [-0.39, 0.29) is 0 Å². The summed E-state index contributed by atoms with van der Waals surface area (Å²) in [4.78, 5) is 6.55. The zero-order chi connectivity index (χ0) is 14.6. The highest BCUT2D eigenvalue weighted by atomic mass is 16.5. The third-order valence-electron chi connectivity index (χ3n) is 3.63. The van der Waals surface area contributed by atoms with E-state index in [2.05, 4.69) is 23.7 Å². The van der Waals surface area contributed by atoms with Gasteiger partial charge in [0.25, 0.3) is 0 Å². The zero-order valence-corrected chi connectivity index (χ0v) is 13.1. The summed E-state index contributed by atoms with van der Waals surface area (Å²) in [6.07, 6.45) is 4.71. The van der Waals surface area contributed by atoms with Crippen LogP contribution < -0.4 is 5.73 Å². The van der Waals surface area contributed by atoms with E-state index < -0.39 is 0 Å². The molecule has 1 rings (SSSR count). The summed E-state index contributed by atoms with van der Waals surface area (Å²) in [6.45, 7) is 9.90. The summed E-state index contributed by atoms with van der Waals surface area (Å²) in [5, 5.41) is 0. The Morgan fingerprint density at radius 1 is 1.15 bits per heavy atom. The van der Waals surface area contributed by atoms with E-state index in [0.29, 0.717) is 32.3 Å². The molecule has 0 spiro atoms. The third kappa shape index (κ3) is 7.70. The fourth-order valence-corrected chi connectivity index (χ4v) is 2.13. The Kier molecular flexibility index (Phi) is 9.41. The second-order valence-corrected chi connectivity index (χ2v) is 5.49. The maximum absolute atomic E-state index is 5.99. The average Bonchev–Trinajstić information content (AvgIpc) is 2.46. The first kappa shape index (κ1) is 17.2. The van der Waals surface area contributed by atoms with E-state index in [9.17, 15) is 0 Å². The molecule has 0 amide bonds. The Hall–Kier alpha value is -0.810. The van der Waals surface area contributed by atoms with Crippen molar-refractivity contribution < 1.29 is 9.47 Å². The number of nitrogens with two attached hydrogens (primary N) is 1. The van der Waals surface area contributed by atoms with Crippen molar-refractivity contribution in [2.24, 2.45) is 16.6 Å². The molecule has 1 fully saturated rings. The van der Waals surface area contributed by atoms with Crippen LogP contribution in [0.3, 0.4) is 0 Å². The van der Waals surface area contributed by atoms with E-state index >= 15 is 0 Å². The summed E-state index contributed by atoms with van der Waals surface area (Å²) in [5.74, 6) is 1.48. The molecule has 1 aliphatic rings. The van der Waals surface area contributed by atoms with Crippen molar-refractivity contribution in [3.8, 4) is 0 Å². The molecule has 1 saturated heterocycles. The van der Waals surface area contributed by atoms with Crippen molar-refractivity contribution in [2.75, 3.05) is 46.1 Å². The largest absolute Gasteiger partial charge is 0.379 e. The van der Waals surface area contributed by atoms with Gasteiger partial charge < -0.3 is 20.1 Å². The molecule has 5 heteroatoms. The van der Waals surface area contributed by atoms with Gasteiger partial charge in [-0.05, 0) is 25.2 Å². The summed E-state index contributed by atoms with van der Waals surface area (Å²) >= 11 is 0. The minimum atomic E-state index is 0.613. The number of likely N-dealkylation sites (tertiary alicyclic amines) is 1. The molecule has 20 heavy (non-hydrogen) atoms. The van der Waals surface area contributed by atoms with E-state index in [1.165, 1.54) is 19.3 Å². The molecule has 118 valence electrons. The highest BCUT2D eigenvalue weighted by molar-refractivity contribution is 5.78. The fraction of sp³-hybridized carbons (Fsp3) is 0.933. The van der Waals surface area contributed by atoms with Crippen LogP contribution in [0.2, 0.25) is 0 Å². The van der Waals surface area contributed by atoms with Gasteiger partial charge in [-0.15, -0.1) is 0 Å². The van der Waals surface area contributed by atoms with E-state index in [0.717, 1.165) is 32.0 Å². The number of rotatable bonds is 9. The average molecular weight is 285 g/mol. The number of aliphatic imine (C=N–C) groups is 1. The van der Waals surface area contributed by atoms with Crippen molar-refractivity contribution in [1.29, 1.82) is 0 Å². The van der Waals surface area contributed by atoms with Crippen LogP contribution in [0.5, 0.6) is 0 Å². The number of unbranched alkanes of at least 4 members (excludes halogenated alkanes) is 1. The van der Waals surface area contributed by atoms with Crippen LogP contribution >= 0.6 is 0 Å². The molecule has 0 radical (unpaired) electrons. The topological polar surface area (TPSA) is 60.1 Å². The highest BCUT2D eigenvalue weighted by Crippen LogP contribution is 2.15. The highest BCUT2D eigenvalue weighted by Gasteiger charge is 2.16. The fourth-order valence-electron chi connectivity index (χ4n) is 2.13. The number of nitrogens with zero attached hydrogens (tertiary/aromatic N) is 2. The van der Waals surface area contributed by atoms with Gasteiger partial charge >= 0.3 is 0 Å². The molecule has 1 aliphatic heterocycles. The van der Waals surface area contributed by atoms with Gasteiger partial charge in [-0.1, -0.05) is 20.3 Å². The molecule has 0 aliphatic carbocycles. The second kappa shape index (κ2) is 10.9. The molecule has 5 nitrogen and oxygen atoms in total. The summed E-state index contributed by atoms with van der Waals surface area (Å²) in [7, 11) is 0. The van der Waals surface area contributed by atoms with Gasteiger partial charge in [-0.2, -0.15) is 0 Å². The number of ether oxygens (including phenoxy) is 2. The van der Waals surface area contributed by atoms with Crippen molar-refractivity contribution in [2.45, 2.75) is 39.5 Å². The lowest BCUT2D eigenvalue weighted by Gasteiger charge is -2.31. The molecular weight excluding hydrogens is 254 g/mol. The molecule has 0 aromatic heterocycles. The van der Waals surface area contributed by atoms with Gasteiger partial charge in [0.05, 0.1) is 26.4 Å². The summed E-state index contributed by atoms with van der Waals surface area (Å²) < 4.78 is 10.9. The first-order chi connectivity index (χ1) is 9.74. The first-order valence-corrected chi connectivity index (χ1v) is 7.94. The van der Waals surface area contributed by atoms with Gasteiger partial charge in [0.1, 0.15) is 0 Å². The van der Waals surface area contributed by atoms with Gasteiger partial charge in [0.2, 0.25) is 0 Å². The van der Waals surface area contributed by atoms with Crippen LogP contribution in [0.4, 0.5) is 0 Å². The lowest BCUT2D eigenvalue weighted by Crippen LogP contribution is -2.42. The molecule has 0 aromatic carbocycles. The third-order valence-corrected chi connectivity index (χ3v) is 3.63. The minimum Gasteiger partial charge on any atom is -0.379 e. The SMILES string of the molecule is CCCCOCCOCCN=C(N)N1CCC(C)CC1. The van der Waals surface area contributed by atoms with Crippen molar-refractivity contribution in [3.05, 3.63) is 0 Å². The van der Waals surface area contributed by atoms with E-state index in [1.54, 1.807) is 0 Å². The number of guanidine groups is 1. The van der Waals surface area contributed by atoms with Crippen LogP contribution in [-0.4, -0.2) is 56.9 Å². The smallest absolute Gasteiger partial charge is 0.191 e. The summed E-state index contributed by atoms with van der Waals surface area (Å²) in [5.41, 5.74) is 5.99. The lowest BCUT2D eigenvalue weighted by atomic mass is 10.00. The van der Waals surface area contributed by atoms with Crippen LogP contribution in [0, 0.1) is 5.92 Å². The van der Waals surface area contributed by atoms with Crippen molar-refractivity contribution in [1.82, 2.24) is 4.90 Å². The van der Waals surface area contributed by atoms with Gasteiger partial charge in [-0.25, -0.2) is 0 Å². The Morgan fingerprint density at radius 2 is 1.80 bits per heavy atom. The molecule has 2 N–H and O–H groups in total. The molecule has 0 atom stereocenters. The van der Waals surface area contributed by atoms with Crippen LogP contribution in [-0.2, 0) is 9.47 Å².